The third kappa shape index (κ3) is 2.51. The van der Waals surface area contributed by atoms with Crippen LogP contribution in [-0.2, 0) is 16.0 Å². The van der Waals surface area contributed by atoms with Crippen molar-refractivity contribution in [2.45, 2.75) is 51.5 Å². The summed E-state index contributed by atoms with van der Waals surface area (Å²) in [5.74, 6) is -0.328. The maximum atomic E-state index is 13.1. The smallest absolute Gasteiger partial charge is 0.244 e. The number of benzene rings is 1. The van der Waals surface area contributed by atoms with Crippen LogP contribution in [0, 0.1) is 5.41 Å². The highest BCUT2D eigenvalue weighted by molar-refractivity contribution is 5.90. The van der Waals surface area contributed by atoms with Crippen molar-refractivity contribution in [1.82, 2.24) is 4.90 Å². The lowest BCUT2D eigenvalue weighted by Gasteiger charge is -2.42. The van der Waals surface area contributed by atoms with Gasteiger partial charge < -0.3 is 10.6 Å². The molecule has 1 aliphatic heterocycles. The van der Waals surface area contributed by atoms with Gasteiger partial charge >= 0.3 is 0 Å². The predicted molar refractivity (Wildman–Crippen MR) is 85.0 cm³/mol. The van der Waals surface area contributed by atoms with Crippen LogP contribution in [0.4, 0.5) is 0 Å². The minimum atomic E-state index is -0.615. The molecule has 1 unspecified atom stereocenters. The van der Waals surface area contributed by atoms with Crippen LogP contribution in [0.25, 0.3) is 0 Å². The number of hydrogen-bond donors (Lipinski definition) is 1. The van der Waals surface area contributed by atoms with Crippen molar-refractivity contribution in [2.24, 2.45) is 11.1 Å². The highest BCUT2D eigenvalue weighted by Gasteiger charge is 2.43. The Morgan fingerprint density at radius 1 is 1.18 bits per heavy atom. The van der Waals surface area contributed by atoms with E-state index in [9.17, 15) is 9.59 Å². The number of nitrogens with zero attached hydrogens (tertiary/aromatic N) is 1. The van der Waals surface area contributed by atoms with Crippen LogP contribution in [-0.4, -0.2) is 23.3 Å². The standard InChI is InChI=1S/C18H24N2O2/c1-18(10-5-2-6-11-18)17(22)20-12-9-13-7-3-4-8-14(13)15(20)16(19)21/h3-4,7-8,15H,2,5-6,9-12H2,1H3,(H2,19,21). The van der Waals surface area contributed by atoms with Gasteiger partial charge in [0.1, 0.15) is 6.04 Å². The fraction of sp³-hybridized carbons (Fsp3) is 0.556. The summed E-state index contributed by atoms with van der Waals surface area (Å²) in [5, 5.41) is 0. The molecule has 1 atom stereocenters. The molecule has 2 aliphatic rings. The van der Waals surface area contributed by atoms with E-state index in [0.717, 1.165) is 43.2 Å². The third-order valence-corrected chi connectivity index (χ3v) is 5.29. The molecule has 1 fully saturated rings. The number of nitrogens with two attached hydrogens (primary N) is 1. The van der Waals surface area contributed by atoms with Crippen LogP contribution in [0.5, 0.6) is 0 Å². The van der Waals surface area contributed by atoms with Gasteiger partial charge in [0.2, 0.25) is 11.8 Å². The average Bonchev–Trinajstić information content (AvgIpc) is 2.53. The lowest BCUT2D eigenvalue weighted by atomic mass is 9.74. The Morgan fingerprint density at radius 3 is 2.55 bits per heavy atom. The summed E-state index contributed by atoms with van der Waals surface area (Å²) in [4.78, 5) is 26.9. The van der Waals surface area contributed by atoms with Gasteiger partial charge in [-0.1, -0.05) is 50.5 Å². The van der Waals surface area contributed by atoms with Crippen molar-refractivity contribution in [3.63, 3.8) is 0 Å². The number of primary amides is 1. The summed E-state index contributed by atoms with van der Waals surface area (Å²) in [5.41, 5.74) is 7.34. The molecule has 0 spiro atoms. The summed E-state index contributed by atoms with van der Waals surface area (Å²) in [7, 11) is 0. The van der Waals surface area contributed by atoms with E-state index in [2.05, 4.69) is 0 Å². The lowest BCUT2D eigenvalue weighted by Crippen LogP contribution is -2.51. The summed E-state index contributed by atoms with van der Waals surface area (Å²) < 4.78 is 0. The maximum absolute atomic E-state index is 13.1. The van der Waals surface area contributed by atoms with Crippen LogP contribution in [0.3, 0.4) is 0 Å². The summed E-state index contributed by atoms with van der Waals surface area (Å²) in [6, 6.07) is 7.21. The Labute approximate surface area is 131 Å². The second kappa shape index (κ2) is 5.75. The zero-order chi connectivity index (χ0) is 15.7. The average molecular weight is 300 g/mol. The van der Waals surface area contributed by atoms with E-state index in [4.69, 9.17) is 5.73 Å². The van der Waals surface area contributed by atoms with Crippen molar-refractivity contribution >= 4 is 11.8 Å². The molecular weight excluding hydrogens is 276 g/mol. The molecule has 4 heteroatoms. The van der Waals surface area contributed by atoms with Crippen LogP contribution >= 0.6 is 0 Å². The zero-order valence-electron chi connectivity index (χ0n) is 13.2. The number of hydrogen-bond acceptors (Lipinski definition) is 2. The van der Waals surface area contributed by atoms with E-state index in [0.29, 0.717) is 6.54 Å². The van der Waals surface area contributed by atoms with E-state index >= 15 is 0 Å². The molecule has 4 nitrogen and oxygen atoms in total. The quantitative estimate of drug-likeness (QED) is 0.912. The van der Waals surface area contributed by atoms with Crippen molar-refractivity contribution in [3.05, 3.63) is 35.4 Å². The van der Waals surface area contributed by atoms with E-state index in [1.807, 2.05) is 31.2 Å². The Hall–Kier alpha value is -1.84. The molecule has 0 aromatic heterocycles. The second-order valence-corrected chi connectivity index (χ2v) is 6.87. The minimum absolute atomic E-state index is 0.102. The highest BCUT2D eigenvalue weighted by atomic mass is 16.2. The van der Waals surface area contributed by atoms with Crippen LogP contribution < -0.4 is 5.73 Å². The molecule has 0 radical (unpaired) electrons. The molecule has 1 aromatic rings. The van der Waals surface area contributed by atoms with Gasteiger partial charge in [-0.05, 0) is 30.4 Å². The van der Waals surface area contributed by atoms with Gasteiger partial charge in [0.25, 0.3) is 0 Å². The van der Waals surface area contributed by atoms with Crippen molar-refractivity contribution in [2.75, 3.05) is 6.54 Å². The lowest BCUT2D eigenvalue weighted by molar-refractivity contribution is -0.150. The first-order valence-electron chi connectivity index (χ1n) is 8.21. The van der Waals surface area contributed by atoms with E-state index < -0.39 is 11.9 Å². The largest absolute Gasteiger partial charge is 0.368 e. The normalized spacial score (nSPS) is 23.7. The Kier molecular flexibility index (Phi) is 3.94. The first kappa shape index (κ1) is 15.1. The molecule has 3 rings (SSSR count). The molecule has 0 saturated heterocycles. The molecular formula is C18H24N2O2. The third-order valence-electron chi connectivity index (χ3n) is 5.29. The van der Waals surface area contributed by atoms with Crippen LogP contribution in [0.15, 0.2) is 24.3 Å². The fourth-order valence-corrected chi connectivity index (χ4v) is 3.98. The number of carbonyl (C=O) groups excluding carboxylic acids is 2. The van der Waals surface area contributed by atoms with Gasteiger partial charge in [-0.3, -0.25) is 9.59 Å². The summed E-state index contributed by atoms with van der Waals surface area (Å²) in [6.45, 7) is 2.63. The number of amides is 2. The van der Waals surface area contributed by atoms with Crippen molar-refractivity contribution in [1.29, 1.82) is 0 Å². The van der Waals surface area contributed by atoms with Gasteiger partial charge in [0.05, 0.1) is 0 Å². The predicted octanol–water partition coefficient (Wildman–Crippen LogP) is 2.57. The number of carbonyl (C=O) groups is 2. The molecule has 2 amide bonds. The molecule has 1 aromatic carbocycles. The molecule has 2 N–H and O–H groups in total. The fourth-order valence-electron chi connectivity index (χ4n) is 3.98. The topological polar surface area (TPSA) is 63.4 Å². The SMILES string of the molecule is CC1(C(=O)N2CCc3ccccc3C2C(N)=O)CCCCC1. The molecule has 1 aliphatic carbocycles. The summed E-state index contributed by atoms with van der Waals surface area (Å²) in [6.07, 6.45) is 6.00. The van der Waals surface area contributed by atoms with E-state index in [1.54, 1.807) is 4.90 Å². The van der Waals surface area contributed by atoms with Crippen LogP contribution in [0.1, 0.15) is 56.2 Å². The van der Waals surface area contributed by atoms with Gasteiger partial charge in [-0.2, -0.15) is 0 Å². The first-order valence-corrected chi connectivity index (χ1v) is 8.21. The van der Waals surface area contributed by atoms with E-state index in [1.165, 1.54) is 6.42 Å². The highest BCUT2D eigenvalue weighted by Crippen LogP contribution is 2.40. The second-order valence-electron chi connectivity index (χ2n) is 6.87. The van der Waals surface area contributed by atoms with Gasteiger partial charge in [-0.25, -0.2) is 0 Å². The van der Waals surface area contributed by atoms with Crippen molar-refractivity contribution < 1.29 is 9.59 Å². The molecule has 0 bridgehead atoms. The van der Waals surface area contributed by atoms with E-state index in [-0.39, 0.29) is 11.3 Å². The Balaban J connectivity index is 1.93. The van der Waals surface area contributed by atoms with Crippen LogP contribution in [0.2, 0.25) is 0 Å². The van der Waals surface area contributed by atoms with Gasteiger partial charge in [0, 0.05) is 12.0 Å². The number of fused-ring (bicyclic) bond motifs is 1. The minimum Gasteiger partial charge on any atom is -0.368 e. The monoisotopic (exact) mass is 300 g/mol. The summed E-state index contributed by atoms with van der Waals surface area (Å²) >= 11 is 0. The van der Waals surface area contributed by atoms with Gasteiger partial charge in [0.15, 0.2) is 0 Å². The first-order chi connectivity index (χ1) is 10.5. The maximum Gasteiger partial charge on any atom is 0.244 e. The molecule has 1 saturated carbocycles. The van der Waals surface area contributed by atoms with Crippen molar-refractivity contribution in [3.8, 4) is 0 Å². The Bertz CT molecular complexity index is 591. The number of rotatable bonds is 2. The molecule has 118 valence electrons. The zero-order valence-corrected chi connectivity index (χ0v) is 13.2. The molecule has 1 heterocycles. The van der Waals surface area contributed by atoms with Gasteiger partial charge in [-0.15, -0.1) is 0 Å². The molecule has 22 heavy (non-hydrogen) atoms. The Morgan fingerprint density at radius 2 is 1.86 bits per heavy atom.